The predicted octanol–water partition coefficient (Wildman–Crippen LogP) is 1.15. The fourth-order valence-electron chi connectivity index (χ4n) is 1.60. The number of benzene rings is 1. The van der Waals surface area contributed by atoms with Gasteiger partial charge in [0.05, 0.1) is 5.69 Å². The van der Waals surface area contributed by atoms with Crippen molar-refractivity contribution in [2.75, 3.05) is 17.7 Å². The monoisotopic (exact) mass is 306 g/mol. The number of nitrogen functional groups attached to an aromatic ring is 1. The maximum Gasteiger partial charge on any atom is 0.267 e. The molecule has 2 amide bonds. The number of thiazole rings is 1. The number of nitrogens with two attached hydrogens (primary N) is 2. The number of anilines is 2. The van der Waals surface area contributed by atoms with E-state index in [-0.39, 0.29) is 12.5 Å². The number of primary amides is 1. The molecule has 0 aliphatic rings. The molecule has 5 N–H and O–H groups in total. The highest BCUT2D eigenvalue weighted by atomic mass is 32.1. The smallest absolute Gasteiger partial charge is 0.267 e. The summed E-state index contributed by atoms with van der Waals surface area (Å²) in [5, 5.41) is 3.09. The number of hydrogen-bond acceptors (Lipinski definition) is 6. The summed E-state index contributed by atoms with van der Waals surface area (Å²) < 4.78 is 5.12. The summed E-state index contributed by atoms with van der Waals surface area (Å²) >= 11 is 1.13. The van der Waals surface area contributed by atoms with Gasteiger partial charge in [0, 0.05) is 5.69 Å². The van der Waals surface area contributed by atoms with Crippen LogP contribution >= 0.6 is 11.3 Å². The lowest BCUT2D eigenvalue weighted by atomic mass is 10.3. The zero-order chi connectivity index (χ0) is 15.4. The van der Waals surface area contributed by atoms with Crippen molar-refractivity contribution in [3.8, 4) is 5.75 Å². The Labute approximate surface area is 124 Å². The molecular formula is C13H14N4O3S. The van der Waals surface area contributed by atoms with Crippen LogP contribution in [0.3, 0.4) is 0 Å². The molecule has 2 rings (SSSR count). The van der Waals surface area contributed by atoms with Crippen LogP contribution < -0.4 is 21.5 Å². The molecule has 2 aromatic rings. The van der Waals surface area contributed by atoms with Gasteiger partial charge in [0.1, 0.15) is 10.6 Å². The molecule has 0 bridgehead atoms. The van der Waals surface area contributed by atoms with E-state index < -0.39 is 5.91 Å². The van der Waals surface area contributed by atoms with Gasteiger partial charge in [-0.15, -0.1) is 0 Å². The number of aromatic nitrogens is 1. The summed E-state index contributed by atoms with van der Waals surface area (Å²) in [6, 6.07) is 6.58. The van der Waals surface area contributed by atoms with Crippen molar-refractivity contribution in [2.45, 2.75) is 6.92 Å². The molecule has 0 fully saturated rings. The Morgan fingerprint density at radius 2 is 2.00 bits per heavy atom. The first-order chi connectivity index (χ1) is 9.95. The van der Waals surface area contributed by atoms with E-state index in [4.69, 9.17) is 16.2 Å². The molecule has 1 heterocycles. The lowest BCUT2D eigenvalue weighted by Gasteiger charge is -2.06. The van der Waals surface area contributed by atoms with Crippen LogP contribution in [0.1, 0.15) is 15.4 Å². The number of ether oxygens (including phenoxy) is 1. The second-order valence-corrected chi connectivity index (χ2v) is 5.23. The van der Waals surface area contributed by atoms with E-state index in [1.54, 1.807) is 31.2 Å². The van der Waals surface area contributed by atoms with Gasteiger partial charge in [-0.1, -0.05) is 11.3 Å². The fourth-order valence-corrected chi connectivity index (χ4v) is 2.33. The van der Waals surface area contributed by atoms with E-state index >= 15 is 0 Å². The van der Waals surface area contributed by atoms with Gasteiger partial charge in [-0.05, 0) is 31.2 Å². The molecule has 0 atom stereocenters. The van der Waals surface area contributed by atoms with Crippen molar-refractivity contribution in [2.24, 2.45) is 5.73 Å². The minimum absolute atomic E-state index is 0.189. The molecule has 1 aromatic carbocycles. The van der Waals surface area contributed by atoms with E-state index in [2.05, 4.69) is 10.3 Å². The first kappa shape index (κ1) is 14.8. The quantitative estimate of drug-likeness (QED) is 0.765. The summed E-state index contributed by atoms with van der Waals surface area (Å²) in [6.07, 6.45) is 0. The topological polar surface area (TPSA) is 120 Å². The summed E-state index contributed by atoms with van der Waals surface area (Å²) in [5.74, 6) is -0.330. The van der Waals surface area contributed by atoms with Crippen LogP contribution in [0.5, 0.6) is 5.75 Å². The molecular weight excluding hydrogens is 292 g/mol. The van der Waals surface area contributed by atoms with Gasteiger partial charge >= 0.3 is 0 Å². The van der Waals surface area contributed by atoms with Gasteiger partial charge < -0.3 is 21.5 Å². The summed E-state index contributed by atoms with van der Waals surface area (Å²) in [7, 11) is 0. The van der Waals surface area contributed by atoms with Gasteiger partial charge in [-0.25, -0.2) is 4.98 Å². The maximum atomic E-state index is 12.1. The van der Waals surface area contributed by atoms with Crippen LogP contribution in [0, 0.1) is 6.92 Å². The summed E-state index contributed by atoms with van der Waals surface area (Å²) in [4.78, 5) is 27.1. The highest BCUT2D eigenvalue weighted by Crippen LogP contribution is 2.22. The summed E-state index contributed by atoms with van der Waals surface area (Å²) in [5.41, 5.74) is 11.7. The van der Waals surface area contributed by atoms with E-state index in [0.29, 0.717) is 27.1 Å². The van der Waals surface area contributed by atoms with Crippen molar-refractivity contribution in [3.05, 3.63) is 34.8 Å². The zero-order valence-corrected chi connectivity index (χ0v) is 12.1. The molecule has 0 radical (unpaired) electrons. The third-order valence-electron chi connectivity index (χ3n) is 2.51. The second kappa shape index (κ2) is 6.23. The van der Waals surface area contributed by atoms with Crippen LogP contribution in [-0.4, -0.2) is 23.4 Å². The van der Waals surface area contributed by atoms with Crippen molar-refractivity contribution in [1.29, 1.82) is 0 Å². The highest BCUT2D eigenvalue weighted by molar-refractivity contribution is 7.17. The van der Waals surface area contributed by atoms with Crippen LogP contribution in [0.25, 0.3) is 0 Å². The number of nitrogens with zero attached hydrogens (tertiary/aromatic N) is 1. The minimum atomic E-state index is -0.550. The van der Waals surface area contributed by atoms with Crippen molar-refractivity contribution < 1.29 is 14.3 Å². The van der Waals surface area contributed by atoms with Crippen molar-refractivity contribution in [1.82, 2.24) is 4.98 Å². The van der Waals surface area contributed by atoms with Gasteiger partial charge in [-0.2, -0.15) is 0 Å². The summed E-state index contributed by atoms with van der Waals surface area (Å²) in [6.45, 7) is 1.54. The molecule has 0 saturated carbocycles. The molecule has 110 valence electrons. The van der Waals surface area contributed by atoms with Crippen molar-refractivity contribution >= 4 is 34.0 Å². The van der Waals surface area contributed by atoms with Gasteiger partial charge in [0.25, 0.3) is 11.8 Å². The molecule has 1 aromatic heterocycles. The normalized spacial score (nSPS) is 10.1. The predicted molar refractivity (Wildman–Crippen MR) is 80.3 cm³/mol. The molecule has 7 nitrogen and oxygen atoms in total. The van der Waals surface area contributed by atoms with Crippen molar-refractivity contribution in [3.63, 3.8) is 0 Å². The van der Waals surface area contributed by atoms with E-state index in [1.165, 1.54) is 0 Å². The Kier molecular flexibility index (Phi) is 4.39. The maximum absolute atomic E-state index is 12.1. The molecule has 0 spiro atoms. The highest BCUT2D eigenvalue weighted by Gasteiger charge is 2.14. The Morgan fingerprint density at radius 3 is 2.52 bits per heavy atom. The zero-order valence-electron chi connectivity index (χ0n) is 11.3. The number of amides is 2. The standard InChI is InChI=1S/C13H14N4O3S/c1-7-11(21-13(15)16-7)12(19)17-8-2-4-9(5-3-8)20-6-10(14)18/h2-5H,6H2,1H3,(H2,14,18)(H2,15,16)(H,17,19). The van der Waals surface area contributed by atoms with E-state index in [9.17, 15) is 9.59 Å². The Morgan fingerprint density at radius 1 is 1.33 bits per heavy atom. The third-order valence-corrected chi connectivity index (χ3v) is 3.50. The molecule has 8 heteroatoms. The Bertz CT molecular complexity index is 667. The average molecular weight is 306 g/mol. The van der Waals surface area contributed by atoms with Gasteiger partial charge in [0.15, 0.2) is 11.7 Å². The van der Waals surface area contributed by atoms with Crippen LogP contribution in [-0.2, 0) is 4.79 Å². The van der Waals surface area contributed by atoms with Gasteiger partial charge in [-0.3, -0.25) is 9.59 Å². The number of carbonyl (C=O) groups is 2. The SMILES string of the molecule is Cc1nc(N)sc1C(=O)Nc1ccc(OCC(N)=O)cc1. The largest absolute Gasteiger partial charge is 0.484 e. The number of aryl methyl sites for hydroxylation is 1. The molecule has 21 heavy (non-hydrogen) atoms. The first-order valence-electron chi connectivity index (χ1n) is 6.01. The molecule has 0 aliphatic carbocycles. The van der Waals surface area contributed by atoms with Gasteiger partial charge in [0.2, 0.25) is 0 Å². The first-order valence-corrected chi connectivity index (χ1v) is 6.83. The van der Waals surface area contributed by atoms with E-state index in [1.807, 2.05) is 0 Å². The number of carbonyl (C=O) groups excluding carboxylic acids is 2. The molecule has 0 aliphatic heterocycles. The lowest BCUT2D eigenvalue weighted by molar-refractivity contribution is -0.119. The fraction of sp³-hybridized carbons (Fsp3) is 0.154. The number of hydrogen-bond donors (Lipinski definition) is 3. The van der Waals surface area contributed by atoms with Crippen LogP contribution in [0.4, 0.5) is 10.8 Å². The van der Waals surface area contributed by atoms with Crippen LogP contribution in [0.15, 0.2) is 24.3 Å². The third kappa shape index (κ3) is 3.93. The lowest BCUT2D eigenvalue weighted by Crippen LogP contribution is -2.20. The Hall–Kier alpha value is -2.61. The average Bonchev–Trinajstić information content (AvgIpc) is 2.77. The minimum Gasteiger partial charge on any atom is -0.484 e. The number of nitrogens with one attached hydrogen (secondary N) is 1. The van der Waals surface area contributed by atoms with E-state index in [0.717, 1.165) is 11.3 Å². The Balaban J connectivity index is 2.01. The second-order valence-electron chi connectivity index (χ2n) is 4.20. The molecule has 0 unspecified atom stereocenters. The number of rotatable bonds is 5. The molecule has 0 saturated heterocycles. The van der Waals surface area contributed by atoms with Crippen LogP contribution in [0.2, 0.25) is 0 Å².